The summed E-state index contributed by atoms with van der Waals surface area (Å²) in [7, 11) is 0. The highest BCUT2D eigenvalue weighted by Crippen LogP contribution is 2.49. The first-order valence-corrected chi connectivity index (χ1v) is 12.0. The molecule has 0 aromatic heterocycles. The molecule has 7 N–H and O–H groups in total. The maximum absolute atomic E-state index is 12.3. The summed E-state index contributed by atoms with van der Waals surface area (Å²) in [6.07, 6.45) is -5.34. The van der Waals surface area contributed by atoms with Gasteiger partial charge in [-0.2, -0.15) is 0 Å². The molecule has 4 rings (SSSR count). The number of aliphatic hydroxyl groups is 6. The van der Waals surface area contributed by atoms with Crippen LogP contribution in [0.25, 0.3) is 6.08 Å². The maximum Gasteiger partial charge on any atom is 0.330 e. The maximum atomic E-state index is 12.3. The smallest absolute Gasteiger partial charge is 0.330 e. The van der Waals surface area contributed by atoms with Crippen LogP contribution < -0.4 is 0 Å². The van der Waals surface area contributed by atoms with Crippen LogP contribution in [0.3, 0.4) is 0 Å². The standard InChI is InChI=1S/C24H29ClO12/c25-21-17(29)13-7-8-34-22(37-23-20(32)19(31)18(30)14(9-26)36-23)16(13)24(21,33)10-35-15(28)6-3-11-1-4-12(27)5-2-11/h1-8,13-14,16-23,26-27,29-33H,9-10H2/b6-3+/t13-,14-,16-,17+,18-,19+,20-,21-,22+,23+,24-/m1/s1. The molecule has 12 nitrogen and oxygen atoms in total. The molecule has 204 valence electrons. The highest BCUT2D eigenvalue weighted by molar-refractivity contribution is 6.22. The summed E-state index contributed by atoms with van der Waals surface area (Å²) in [6, 6.07) is 6.04. The molecule has 3 aliphatic rings. The Morgan fingerprint density at radius 3 is 2.43 bits per heavy atom. The molecule has 1 saturated carbocycles. The normalized spacial score (nSPS) is 41.4. The third-order valence-electron chi connectivity index (χ3n) is 6.84. The van der Waals surface area contributed by atoms with Gasteiger partial charge in [-0.15, -0.1) is 11.6 Å². The van der Waals surface area contributed by atoms with Crippen molar-refractivity contribution in [1.82, 2.24) is 0 Å². The van der Waals surface area contributed by atoms with E-state index in [4.69, 9.17) is 30.5 Å². The van der Waals surface area contributed by atoms with E-state index in [1.165, 1.54) is 30.5 Å². The molecular weight excluding hydrogens is 516 g/mol. The number of phenolic OH excluding ortho intramolecular Hbond substituents is 1. The number of hydrogen-bond acceptors (Lipinski definition) is 12. The van der Waals surface area contributed by atoms with Crippen molar-refractivity contribution in [2.24, 2.45) is 11.8 Å². The number of esters is 1. The van der Waals surface area contributed by atoms with E-state index in [-0.39, 0.29) is 5.75 Å². The molecule has 2 heterocycles. The molecule has 37 heavy (non-hydrogen) atoms. The van der Waals surface area contributed by atoms with Gasteiger partial charge in [-0.05, 0) is 29.8 Å². The molecule has 11 atom stereocenters. The van der Waals surface area contributed by atoms with Crippen molar-refractivity contribution in [3.63, 3.8) is 0 Å². The molecule has 1 aromatic carbocycles. The minimum absolute atomic E-state index is 0.0636. The fourth-order valence-electron chi connectivity index (χ4n) is 4.76. The lowest BCUT2D eigenvalue weighted by atomic mass is 9.84. The van der Waals surface area contributed by atoms with E-state index >= 15 is 0 Å². The number of aliphatic hydroxyl groups excluding tert-OH is 5. The molecule has 0 unspecified atom stereocenters. The van der Waals surface area contributed by atoms with Crippen LogP contribution in [0.4, 0.5) is 0 Å². The number of rotatable bonds is 7. The second-order valence-corrected chi connectivity index (χ2v) is 9.66. The van der Waals surface area contributed by atoms with Crippen LogP contribution in [-0.2, 0) is 23.7 Å². The molecular formula is C24H29ClO12. The predicted octanol–water partition coefficient (Wildman–Crippen LogP) is -1.42. The summed E-state index contributed by atoms with van der Waals surface area (Å²) < 4.78 is 21.8. The third kappa shape index (κ3) is 5.48. The van der Waals surface area contributed by atoms with Crippen molar-refractivity contribution < 1.29 is 59.5 Å². The van der Waals surface area contributed by atoms with Crippen LogP contribution in [0.1, 0.15) is 5.56 Å². The van der Waals surface area contributed by atoms with Crippen molar-refractivity contribution in [3.05, 3.63) is 48.2 Å². The highest BCUT2D eigenvalue weighted by Gasteiger charge is 2.64. The van der Waals surface area contributed by atoms with Gasteiger partial charge in [0, 0.05) is 12.0 Å². The lowest BCUT2D eigenvalue weighted by Crippen LogP contribution is -2.61. The average molecular weight is 545 g/mol. The van der Waals surface area contributed by atoms with Crippen molar-refractivity contribution >= 4 is 23.6 Å². The van der Waals surface area contributed by atoms with E-state index < -0.39 is 85.1 Å². The van der Waals surface area contributed by atoms with Gasteiger partial charge in [0.25, 0.3) is 0 Å². The van der Waals surface area contributed by atoms with Crippen LogP contribution >= 0.6 is 11.6 Å². The molecule has 2 aliphatic heterocycles. The van der Waals surface area contributed by atoms with E-state index in [2.05, 4.69) is 0 Å². The Morgan fingerprint density at radius 1 is 1.05 bits per heavy atom. The van der Waals surface area contributed by atoms with E-state index in [0.29, 0.717) is 5.56 Å². The van der Waals surface area contributed by atoms with E-state index in [1.807, 2.05) is 0 Å². The van der Waals surface area contributed by atoms with Crippen molar-refractivity contribution in [2.75, 3.05) is 13.2 Å². The van der Waals surface area contributed by atoms with Crippen LogP contribution in [0, 0.1) is 11.8 Å². The van der Waals surface area contributed by atoms with Crippen LogP contribution in [0.2, 0.25) is 0 Å². The Balaban J connectivity index is 1.48. The number of alkyl halides is 1. The first-order valence-electron chi connectivity index (χ1n) is 11.5. The Labute approximate surface area is 216 Å². The monoisotopic (exact) mass is 544 g/mol. The summed E-state index contributed by atoms with van der Waals surface area (Å²) in [5.41, 5.74) is -1.45. The summed E-state index contributed by atoms with van der Waals surface area (Å²) in [6.45, 7) is -1.33. The Kier molecular flexibility index (Phi) is 8.43. The van der Waals surface area contributed by atoms with Gasteiger partial charge in [-0.25, -0.2) is 4.79 Å². The minimum Gasteiger partial charge on any atom is -0.508 e. The number of fused-ring (bicyclic) bond motifs is 1. The van der Waals surface area contributed by atoms with Crippen LogP contribution in [0.5, 0.6) is 5.75 Å². The van der Waals surface area contributed by atoms with Gasteiger partial charge in [-0.1, -0.05) is 12.1 Å². The first-order chi connectivity index (χ1) is 17.6. The van der Waals surface area contributed by atoms with E-state index in [0.717, 1.165) is 6.08 Å². The predicted molar refractivity (Wildman–Crippen MR) is 125 cm³/mol. The molecule has 1 aliphatic carbocycles. The third-order valence-corrected chi connectivity index (χ3v) is 7.47. The number of phenols is 1. The number of ether oxygens (including phenoxy) is 4. The molecule has 0 radical (unpaired) electrons. The molecule has 2 fully saturated rings. The van der Waals surface area contributed by atoms with Crippen molar-refractivity contribution in [3.8, 4) is 5.75 Å². The number of benzene rings is 1. The summed E-state index contributed by atoms with van der Waals surface area (Å²) in [5, 5.41) is 70.0. The molecule has 1 aromatic rings. The average Bonchev–Trinajstić information content (AvgIpc) is 3.09. The SMILES string of the molecule is O=C(/C=C/c1ccc(O)cc1)OC[C@@]1(O)[C@H]2[C@H](O[C@@H]3O[C@H](CO)[C@@H](O)[C@H](O)[C@H]3O)OC=C[C@H]2[C@H](O)[C@H]1Cl. The molecule has 0 amide bonds. The van der Waals surface area contributed by atoms with Crippen LogP contribution in [-0.4, -0.2) is 109 Å². The van der Waals surface area contributed by atoms with Gasteiger partial charge in [0.1, 0.15) is 42.4 Å². The second-order valence-electron chi connectivity index (χ2n) is 9.19. The molecule has 0 bridgehead atoms. The Morgan fingerprint density at radius 2 is 1.76 bits per heavy atom. The zero-order valence-electron chi connectivity index (χ0n) is 19.4. The van der Waals surface area contributed by atoms with Gasteiger partial charge in [0.05, 0.1) is 30.3 Å². The number of carbonyl (C=O) groups is 1. The summed E-state index contributed by atoms with van der Waals surface area (Å²) in [5.74, 6) is -2.67. The number of aromatic hydroxyl groups is 1. The fourth-order valence-corrected chi connectivity index (χ4v) is 5.13. The lowest BCUT2D eigenvalue weighted by molar-refractivity contribution is -0.347. The Bertz CT molecular complexity index is 1000. The van der Waals surface area contributed by atoms with Gasteiger partial charge in [0.2, 0.25) is 6.29 Å². The quantitative estimate of drug-likeness (QED) is 0.120. The molecule has 1 saturated heterocycles. The molecule has 13 heteroatoms. The lowest BCUT2D eigenvalue weighted by Gasteiger charge is -2.44. The van der Waals surface area contributed by atoms with Crippen molar-refractivity contribution in [2.45, 2.75) is 54.1 Å². The first kappa shape index (κ1) is 27.8. The largest absolute Gasteiger partial charge is 0.508 e. The number of hydrogen-bond donors (Lipinski definition) is 7. The second kappa shape index (κ2) is 11.2. The topological polar surface area (TPSA) is 196 Å². The zero-order chi connectivity index (χ0) is 26.9. The molecule has 0 spiro atoms. The van der Waals surface area contributed by atoms with Gasteiger partial charge >= 0.3 is 5.97 Å². The van der Waals surface area contributed by atoms with Crippen LogP contribution in [0.15, 0.2) is 42.7 Å². The van der Waals surface area contributed by atoms with Crippen molar-refractivity contribution in [1.29, 1.82) is 0 Å². The number of halogens is 1. The summed E-state index contributed by atoms with van der Waals surface area (Å²) >= 11 is 6.38. The highest BCUT2D eigenvalue weighted by atomic mass is 35.5. The van der Waals surface area contributed by atoms with Gasteiger partial charge in [-0.3, -0.25) is 0 Å². The van der Waals surface area contributed by atoms with Gasteiger partial charge in [0.15, 0.2) is 6.29 Å². The number of carbonyl (C=O) groups excluding carboxylic acids is 1. The van der Waals surface area contributed by atoms with Gasteiger partial charge < -0.3 is 54.7 Å². The minimum atomic E-state index is -2.06. The van der Waals surface area contributed by atoms with E-state index in [9.17, 15) is 40.5 Å². The zero-order valence-corrected chi connectivity index (χ0v) is 20.1. The fraction of sp³-hybridized carbons (Fsp3) is 0.542. The van der Waals surface area contributed by atoms with E-state index in [1.54, 1.807) is 12.1 Å². The Hall–Kier alpha value is -2.26. The summed E-state index contributed by atoms with van der Waals surface area (Å²) in [4.78, 5) is 12.3.